The Labute approximate surface area is 102 Å². The number of hydrogen-bond donors (Lipinski definition) is 1. The number of benzene rings is 1. The number of aromatic amines is 1. The Bertz CT molecular complexity index is 608. The van der Waals surface area contributed by atoms with Gasteiger partial charge < -0.3 is 4.98 Å². The van der Waals surface area contributed by atoms with Gasteiger partial charge in [-0.2, -0.15) is 0 Å². The summed E-state index contributed by atoms with van der Waals surface area (Å²) < 4.78 is 0. The molecule has 1 heterocycles. The van der Waals surface area contributed by atoms with E-state index in [2.05, 4.69) is 24.9 Å². The molecule has 0 bridgehead atoms. The van der Waals surface area contributed by atoms with Crippen LogP contribution in [0.15, 0.2) is 23.0 Å². The minimum absolute atomic E-state index is 0.182. The first-order valence-electron chi connectivity index (χ1n) is 6.20. The summed E-state index contributed by atoms with van der Waals surface area (Å²) in [5.74, 6) is 0.418. The molecule has 2 aromatic rings. The Hall–Kier alpha value is -1.57. The van der Waals surface area contributed by atoms with E-state index in [0.717, 1.165) is 28.6 Å². The van der Waals surface area contributed by atoms with Crippen molar-refractivity contribution >= 4 is 10.9 Å². The third-order valence-electron chi connectivity index (χ3n) is 3.36. The van der Waals surface area contributed by atoms with E-state index < -0.39 is 0 Å². The van der Waals surface area contributed by atoms with E-state index >= 15 is 0 Å². The van der Waals surface area contributed by atoms with Gasteiger partial charge in [0.1, 0.15) is 0 Å². The van der Waals surface area contributed by atoms with Gasteiger partial charge >= 0.3 is 0 Å². The number of rotatable bonds is 2. The first kappa shape index (κ1) is 11.9. The van der Waals surface area contributed by atoms with Crippen molar-refractivity contribution in [1.82, 2.24) is 4.98 Å². The highest BCUT2D eigenvalue weighted by Gasteiger charge is 2.11. The molecule has 90 valence electrons. The quantitative estimate of drug-likeness (QED) is 0.839. The predicted molar refractivity (Wildman–Crippen MR) is 72.8 cm³/mol. The molecular formula is C15H19NO. The Morgan fingerprint density at radius 2 is 2.00 bits per heavy atom. The molecule has 1 aromatic carbocycles. The van der Waals surface area contributed by atoms with Gasteiger partial charge in [-0.3, -0.25) is 4.79 Å². The largest absolute Gasteiger partial charge is 0.358 e. The topological polar surface area (TPSA) is 32.9 Å². The zero-order chi connectivity index (χ0) is 12.6. The molecule has 0 aliphatic rings. The highest BCUT2D eigenvalue weighted by atomic mass is 16.1. The second kappa shape index (κ2) is 4.36. The van der Waals surface area contributed by atoms with Crippen LogP contribution in [0.1, 0.15) is 43.5 Å². The minimum atomic E-state index is 0.182. The van der Waals surface area contributed by atoms with Crippen molar-refractivity contribution in [3.05, 3.63) is 45.2 Å². The van der Waals surface area contributed by atoms with E-state index in [1.54, 1.807) is 0 Å². The lowest BCUT2D eigenvalue weighted by Gasteiger charge is -2.12. The van der Waals surface area contributed by atoms with Crippen molar-refractivity contribution < 1.29 is 0 Å². The molecule has 0 amide bonds. The van der Waals surface area contributed by atoms with Gasteiger partial charge in [0, 0.05) is 16.6 Å². The molecule has 0 spiro atoms. The molecule has 0 unspecified atom stereocenters. The molecule has 0 aliphatic carbocycles. The van der Waals surface area contributed by atoms with E-state index in [9.17, 15) is 4.79 Å². The van der Waals surface area contributed by atoms with Crippen molar-refractivity contribution in [1.29, 1.82) is 0 Å². The van der Waals surface area contributed by atoms with Crippen molar-refractivity contribution in [2.75, 3.05) is 0 Å². The Kier molecular flexibility index (Phi) is 3.05. The summed E-state index contributed by atoms with van der Waals surface area (Å²) in [6.07, 6.45) is 0.781. The number of fused-ring (bicyclic) bond motifs is 1. The molecule has 0 saturated heterocycles. The van der Waals surface area contributed by atoms with E-state index in [0.29, 0.717) is 5.92 Å². The maximum absolute atomic E-state index is 12.3. The highest BCUT2D eigenvalue weighted by Crippen LogP contribution is 2.23. The Morgan fingerprint density at radius 3 is 2.59 bits per heavy atom. The summed E-state index contributed by atoms with van der Waals surface area (Å²) >= 11 is 0. The monoisotopic (exact) mass is 229 g/mol. The van der Waals surface area contributed by atoms with Gasteiger partial charge in [-0.1, -0.05) is 32.9 Å². The third kappa shape index (κ3) is 1.88. The standard InChI is InChI=1S/C15H19NO/c1-5-11-10(4)16-14-12(9(2)3)7-6-8-13(14)15(11)17/h6-9H,5H2,1-4H3,(H,16,17). The minimum Gasteiger partial charge on any atom is -0.358 e. The summed E-state index contributed by atoms with van der Waals surface area (Å²) in [5, 5.41) is 0.818. The van der Waals surface area contributed by atoms with Gasteiger partial charge in [0.25, 0.3) is 0 Å². The maximum atomic E-state index is 12.3. The van der Waals surface area contributed by atoms with Crippen LogP contribution in [0.25, 0.3) is 10.9 Å². The summed E-state index contributed by atoms with van der Waals surface area (Å²) in [6.45, 7) is 8.30. The molecule has 0 fully saturated rings. The average Bonchev–Trinajstić information content (AvgIpc) is 2.28. The van der Waals surface area contributed by atoms with Gasteiger partial charge in [-0.05, 0) is 30.9 Å². The number of aromatic nitrogens is 1. The van der Waals surface area contributed by atoms with Crippen LogP contribution < -0.4 is 5.43 Å². The predicted octanol–water partition coefficient (Wildman–Crippen LogP) is 3.52. The molecule has 2 rings (SSSR count). The number of nitrogens with one attached hydrogen (secondary N) is 1. The second-order valence-electron chi connectivity index (χ2n) is 4.84. The average molecular weight is 229 g/mol. The summed E-state index contributed by atoms with van der Waals surface area (Å²) in [6, 6.07) is 5.98. The Morgan fingerprint density at radius 1 is 1.29 bits per heavy atom. The molecule has 2 nitrogen and oxygen atoms in total. The second-order valence-corrected chi connectivity index (χ2v) is 4.84. The van der Waals surface area contributed by atoms with Crippen molar-refractivity contribution in [2.24, 2.45) is 0 Å². The first-order valence-corrected chi connectivity index (χ1v) is 6.20. The molecule has 0 radical (unpaired) electrons. The lowest BCUT2D eigenvalue weighted by atomic mass is 9.97. The molecule has 17 heavy (non-hydrogen) atoms. The fourth-order valence-corrected chi connectivity index (χ4v) is 2.40. The van der Waals surface area contributed by atoms with E-state index in [4.69, 9.17) is 0 Å². The van der Waals surface area contributed by atoms with Crippen LogP contribution in [0.3, 0.4) is 0 Å². The number of H-pyrrole nitrogens is 1. The van der Waals surface area contributed by atoms with Gasteiger partial charge in [-0.25, -0.2) is 0 Å². The number of aryl methyl sites for hydroxylation is 1. The smallest absolute Gasteiger partial charge is 0.192 e. The van der Waals surface area contributed by atoms with Gasteiger partial charge in [0.2, 0.25) is 0 Å². The summed E-state index contributed by atoms with van der Waals surface area (Å²) in [5.41, 5.74) is 4.30. The maximum Gasteiger partial charge on any atom is 0.192 e. The van der Waals surface area contributed by atoms with Crippen LogP contribution in [0.2, 0.25) is 0 Å². The normalized spacial score (nSPS) is 11.4. The van der Waals surface area contributed by atoms with Crippen LogP contribution in [-0.4, -0.2) is 4.98 Å². The number of para-hydroxylation sites is 1. The lowest BCUT2D eigenvalue weighted by Crippen LogP contribution is -2.13. The van der Waals surface area contributed by atoms with Crippen molar-refractivity contribution in [3.63, 3.8) is 0 Å². The van der Waals surface area contributed by atoms with Crippen LogP contribution in [0, 0.1) is 6.92 Å². The molecular weight excluding hydrogens is 210 g/mol. The molecule has 0 aliphatic heterocycles. The number of pyridine rings is 1. The molecule has 1 aromatic heterocycles. The zero-order valence-corrected chi connectivity index (χ0v) is 10.9. The summed E-state index contributed by atoms with van der Waals surface area (Å²) in [7, 11) is 0. The van der Waals surface area contributed by atoms with Crippen molar-refractivity contribution in [2.45, 2.75) is 40.0 Å². The van der Waals surface area contributed by atoms with Gasteiger partial charge in [0.15, 0.2) is 5.43 Å². The van der Waals surface area contributed by atoms with Crippen LogP contribution >= 0.6 is 0 Å². The van der Waals surface area contributed by atoms with Crippen LogP contribution in [-0.2, 0) is 6.42 Å². The molecule has 0 saturated carbocycles. The molecule has 0 atom stereocenters. The fraction of sp³-hybridized carbons (Fsp3) is 0.400. The van der Waals surface area contributed by atoms with Gasteiger partial charge in [0.05, 0.1) is 5.52 Å². The summed E-state index contributed by atoms with van der Waals surface area (Å²) in [4.78, 5) is 15.7. The number of hydrogen-bond acceptors (Lipinski definition) is 1. The van der Waals surface area contributed by atoms with Crippen LogP contribution in [0.4, 0.5) is 0 Å². The van der Waals surface area contributed by atoms with E-state index in [1.165, 1.54) is 5.56 Å². The molecule has 1 N–H and O–H groups in total. The highest BCUT2D eigenvalue weighted by molar-refractivity contribution is 5.83. The molecule has 2 heteroatoms. The van der Waals surface area contributed by atoms with Gasteiger partial charge in [-0.15, -0.1) is 0 Å². The zero-order valence-electron chi connectivity index (χ0n) is 10.9. The third-order valence-corrected chi connectivity index (χ3v) is 3.36. The van der Waals surface area contributed by atoms with Crippen LogP contribution in [0.5, 0.6) is 0 Å². The SMILES string of the molecule is CCc1c(C)[nH]c2c(C(C)C)cccc2c1=O. The Balaban J connectivity index is 2.91. The lowest BCUT2D eigenvalue weighted by molar-refractivity contribution is 0.871. The van der Waals surface area contributed by atoms with Crippen molar-refractivity contribution in [3.8, 4) is 0 Å². The van der Waals surface area contributed by atoms with E-state index in [-0.39, 0.29) is 5.43 Å². The van der Waals surface area contributed by atoms with E-state index in [1.807, 2.05) is 26.0 Å². The first-order chi connectivity index (χ1) is 8.06. The fourth-order valence-electron chi connectivity index (χ4n) is 2.40.